The highest BCUT2D eigenvalue weighted by Crippen LogP contribution is 2.26. The molecular weight excluding hydrogens is 293 g/mol. The largest absolute Gasteiger partial charge is 0.369 e. The molecule has 1 aromatic heterocycles. The van der Waals surface area contributed by atoms with Crippen LogP contribution >= 0.6 is 35.5 Å². The van der Waals surface area contributed by atoms with Crippen molar-refractivity contribution < 1.29 is 4.79 Å². The Hall–Kier alpha value is -1.30. The molecule has 96 valence electrons. The average molecular weight is 304 g/mol. The third-order valence-electron chi connectivity index (χ3n) is 2.23. The van der Waals surface area contributed by atoms with E-state index in [0.717, 1.165) is 15.6 Å². The van der Waals surface area contributed by atoms with Gasteiger partial charge in [0, 0.05) is 16.5 Å². The zero-order valence-electron chi connectivity index (χ0n) is 9.44. The van der Waals surface area contributed by atoms with Gasteiger partial charge < -0.3 is 5.73 Å². The third-order valence-corrected chi connectivity index (χ3v) is 3.53. The van der Waals surface area contributed by atoms with E-state index in [2.05, 4.69) is 9.83 Å². The second kappa shape index (κ2) is 6.04. The van der Waals surface area contributed by atoms with Crippen LogP contribution in [0.1, 0.15) is 15.2 Å². The van der Waals surface area contributed by atoms with Crippen LogP contribution in [0.15, 0.2) is 28.8 Å². The van der Waals surface area contributed by atoms with E-state index in [-0.39, 0.29) is 24.3 Å². The molecule has 2 rings (SSSR count). The zero-order valence-corrected chi connectivity index (χ0v) is 11.8. The van der Waals surface area contributed by atoms with E-state index in [1.807, 2.05) is 31.2 Å². The van der Waals surface area contributed by atoms with E-state index in [9.17, 15) is 4.79 Å². The van der Waals surface area contributed by atoms with Crippen LogP contribution in [0.3, 0.4) is 0 Å². The van der Waals surface area contributed by atoms with Gasteiger partial charge in [0.25, 0.3) is 5.91 Å². The molecule has 0 atom stereocenters. The molecule has 2 aromatic rings. The molecule has 1 aromatic carbocycles. The molecule has 0 bridgehead atoms. The first kappa shape index (κ1) is 14.8. The first-order chi connectivity index (χ1) is 8.10. The summed E-state index contributed by atoms with van der Waals surface area (Å²) in [4.78, 5) is 12.3. The zero-order chi connectivity index (χ0) is 12.4. The van der Waals surface area contributed by atoms with E-state index in [0.29, 0.717) is 4.88 Å². The molecule has 4 nitrogen and oxygen atoms in total. The number of carbonyl (C=O) groups is 1. The minimum Gasteiger partial charge on any atom is -0.369 e. The first-order valence-corrected chi connectivity index (χ1v) is 6.01. The summed E-state index contributed by atoms with van der Waals surface area (Å²) in [5, 5.41) is 3.43. The summed E-state index contributed by atoms with van der Waals surface area (Å²) in [6, 6.07) is 7.85. The van der Waals surface area contributed by atoms with Gasteiger partial charge in [0.15, 0.2) is 0 Å². The Kier molecular flexibility index (Phi) is 4.95. The molecule has 0 fully saturated rings. The van der Waals surface area contributed by atoms with Crippen LogP contribution < -0.4 is 11.1 Å². The molecule has 0 radical (unpaired) electrons. The number of nitrogens with one attached hydrogen (secondary N) is 1. The highest BCUT2D eigenvalue weighted by atomic mass is 35.5. The number of amides is 1. The van der Waals surface area contributed by atoms with Gasteiger partial charge in [0.1, 0.15) is 0 Å². The van der Waals surface area contributed by atoms with Gasteiger partial charge in [0.2, 0.25) is 5.96 Å². The minimum atomic E-state index is -0.300. The highest BCUT2D eigenvalue weighted by Gasteiger charge is 2.11. The number of benzene rings is 1. The predicted octanol–water partition coefficient (Wildman–Crippen LogP) is 2.83. The molecule has 0 aliphatic rings. The number of aryl methyl sites for hydroxylation is 1. The summed E-state index contributed by atoms with van der Waals surface area (Å²) in [5.74, 6) is -0.406. The maximum absolute atomic E-state index is 11.7. The van der Waals surface area contributed by atoms with Crippen molar-refractivity contribution in [2.75, 3.05) is 0 Å². The molecule has 1 amide bonds. The van der Waals surface area contributed by atoms with Crippen LogP contribution in [-0.2, 0) is 0 Å². The summed E-state index contributed by atoms with van der Waals surface area (Å²) < 4.78 is 4.22. The van der Waals surface area contributed by atoms with Gasteiger partial charge >= 0.3 is 0 Å². The number of nitrogens with two attached hydrogens (primary N) is 1. The second-order valence-electron chi connectivity index (χ2n) is 3.58. The van der Waals surface area contributed by atoms with Crippen LogP contribution in [-0.4, -0.2) is 11.9 Å². The number of fused-ring (bicyclic) bond motifs is 1. The molecule has 0 spiro atoms. The van der Waals surface area contributed by atoms with Gasteiger partial charge in [-0.1, -0.05) is 17.7 Å². The molecule has 1 heterocycles. The monoisotopic (exact) mass is 303 g/mol. The maximum atomic E-state index is 11.7. The van der Waals surface area contributed by atoms with Crippen molar-refractivity contribution >= 4 is 57.5 Å². The normalized spacial score (nSPS) is 11.1. The number of thiophene rings is 1. The van der Waals surface area contributed by atoms with Crippen molar-refractivity contribution in [1.29, 1.82) is 0 Å². The highest BCUT2D eigenvalue weighted by molar-refractivity contribution is 7.20. The summed E-state index contributed by atoms with van der Waals surface area (Å²) in [6.45, 7) is 2.01. The summed E-state index contributed by atoms with van der Waals surface area (Å²) in [6.07, 6.45) is 0. The summed E-state index contributed by atoms with van der Waals surface area (Å²) in [5.41, 5.74) is 6.48. The van der Waals surface area contributed by atoms with Crippen molar-refractivity contribution in [1.82, 2.24) is 5.32 Å². The lowest BCUT2D eigenvalue weighted by atomic mass is 10.2. The van der Waals surface area contributed by atoms with E-state index >= 15 is 0 Å². The van der Waals surface area contributed by atoms with Crippen LogP contribution in [0.2, 0.25) is 0 Å². The van der Waals surface area contributed by atoms with Gasteiger partial charge in [-0.25, -0.2) is 0 Å². The molecule has 0 unspecified atom stereocenters. The van der Waals surface area contributed by atoms with E-state index < -0.39 is 0 Å². The molecule has 18 heavy (non-hydrogen) atoms. The molecule has 7 heteroatoms. The lowest BCUT2D eigenvalue weighted by molar-refractivity contribution is 0.0981. The number of hydrogen-bond donors (Lipinski definition) is 2. The SMILES string of the molecule is Cc1ccc2sc(C(=O)NC(N)=NCl)cc2c1.Cl. The van der Waals surface area contributed by atoms with Crippen LogP contribution in [0.25, 0.3) is 10.1 Å². The fourth-order valence-corrected chi connectivity index (χ4v) is 2.45. The first-order valence-electron chi connectivity index (χ1n) is 4.86. The Morgan fingerprint density at radius 3 is 2.83 bits per heavy atom. The lowest BCUT2D eigenvalue weighted by Gasteiger charge is -1.98. The minimum absolute atomic E-state index is 0. The fraction of sp³-hybridized carbons (Fsp3) is 0.0909. The van der Waals surface area contributed by atoms with Gasteiger partial charge in [-0.05, 0) is 24.4 Å². The molecular formula is C11H11Cl2N3OS. The quantitative estimate of drug-likeness (QED) is 0.628. The number of guanidine groups is 1. The van der Waals surface area contributed by atoms with Crippen molar-refractivity contribution in [3.63, 3.8) is 0 Å². The molecule has 3 N–H and O–H groups in total. The van der Waals surface area contributed by atoms with E-state index in [1.165, 1.54) is 11.3 Å². The van der Waals surface area contributed by atoms with Gasteiger partial charge in [0.05, 0.1) is 4.88 Å². The fourth-order valence-electron chi connectivity index (χ4n) is 1.47. The second-order valence-corrected chi connectivity index (χ2v) is 4.83. The molecule has 0 aliphatic carbocycles. The van der Waals surface area contributed by atoms with Gasteiger partial charge in [-0.3, -0.25) is 10.1 Å². The average Bonchev–Trinajstić information content (AvgIpc) is 2.71. The topological polar surface area (TPSA) is 67.5 Å². The third kappa shape index (κ3) is 3.13. The van der Waals surface area contributed by atoms with Crippen LogP contribution in [0, 0.1) is 6.92 Å². The smallest absolute Gasteiger partial charge is 0.268 e. The molecule has 0 saturated heterocycles. The van der Waals surface area contributed by atoms with E-state index in [1.54, 1.807) is 0 Å². The van der Waals surface area contributed by atoms with Crippen LogP contribution in [0.4, 0.5) is 0 Å². The standard InChI is InChI=1S/C11H10ClN3OS.ClH/c1-6-2-3-8-7(4-6)5-9(17-8)10(16)14-11(13)15-12;/h2-5H,1H3,(H3,13,14,15,16);1H. The van der Waals surface area contributed by atoms with Gasteiger partial charge in [-0.15, -0.1) is 28.3 Å². The Labute approximate surface area is 119 Å². The van der Waals surface area contributed by atoms with E-state index in [4.69, 9.17) is 17.5 Å². The van der Waals surface area contributed by atoms with Crippen molar-refractivity contribution in [3.05, 3.63) is 34.7 Å². The van der Waals surface area contributed by atoms with Crippen molar-refractivity contribution in [2.24, 2.45) is 10.2 Å². The maximum Gasteiger partial charge on any atom is 0.268 e. The Morgan fingerprint density at radius 1 is 1.44 bits per heavy atom. The van der Waals surface area contributed by atoms with Crippen molar-refractivity contribution in [2.45, 2.75) is 6.92 Å². The number of carbonyl (C=O) groups excluding carboxylic acids is 1. The number of halogens is 2. The van der Waals surface area contributed by atoms with Crippen molar-refractivity contribution in [3.8, 4) is 0 Å². The summed E-state index contributed by atoms with van der Waals surface area (Å²) >= 11 is 6.54. The Morgan fingerprint density at radius 2 is 2.17 bits per heavy atom. The van der Waals surface area contributed by atoms with Gasteiger partial charge in [-0.2, -0.15) is 0 Å². The Balaban J connectivity index is 0.00000162. The number of nitrogens with zero attached hydrogens (tertiary/aromatic N) is 1. The Bertz CT molecular complexity index is 609. The molecule has 0 aliphatic heterocycles. The predicted molar refractivity (Wildman–Crippen MR) is 78.8 cm³/mol. The summed E-state index contributed by atoms with van der Waals surface area (Å²) in [7, 11) is 0. The lowest BCUT2D eigenvalue weighted by Crippen LogP contribution is -2.35. The molecule has 0 saturated carbocycles. The number of hydrogen-bond acceptors (Lipinski definition) is 3. The number of rotatable bonds is 1. The van der Waals surface area contributed by atoms with Crippen LogP contribution in [0.5, 0.6) is 0 Å².